The molecule has 0 aliphatic carbocycles. The Morgan fingerprint density at radius 2 is 1.40 bits per heavy atom. The number of ether oxygens (including phenoxy) is 1. The number of sulfonamides is 1. The molecule has 2 N–H and O–H groups in total. The summed E-state index contributed by atoms with van der Waals surface area (Å²) in [6.07, 6.45) is 0. The molecular weight excluding hydrogens is 531 g/mol. The van der Waals surface area contributed by atoms with Crippen LogP contribution in [0.1, 0.15) is 10.4 Å². The maximum atomic E-state index is 13.0. The first-order valence-corrected chi connectivity index (χ1v) is 12.7. The third-order valence-corrected chi connectivity index (χ3v) is 6.94. The van der Waals surface area contributed by atoms with Gasteiger partial charge in [-0.3, -0.25) is 9.52 Å². The van der Waals surface area contributed by atoms with Crippen molar-refractivity contribution in [1.82, 2.24) is 0 Å². The first-order valence-electron chi connectivity index (χ1n) is 10.1. The molecule has 0 spiro atoms. The van der Waals surface area contributed by atoms with E-state index in [1.165, 1.54) is 30.3 Å². The summed E-state index contributed by atoms with van der Waals surface area (Å²) >= 11 is 17.9. The monoisotopic (exact) mass is 546 g/mol. The van der Waals surface area contributed by atoms with E-state index in [1.807, 2.05) is 0 Å². The van der Waals surface area contributed by atoms with Crippen LogP contribution in [0.5, 0.6) is 11.5 Å². The van der Waals surface area contributed by atoms with Crippen molar-refractivity contribution in [1.29, 1.82) is 0 Å². The molecule has 0 aliphatic heterocycles. The molecule has 0 heterocycles. The van der Waals surface area contributed by atoms with Crippen molar-refractivity contribution in [3.05, 3.63) is 112 Å². The van der Waals surface area contributed by atoms with Gasteiger partial charge in [-0.2, -0.15) is 0 Å². The number of carbonyl (C=O) groups is 1. The summed E-state index contributed by atoms with van der Waals surface area (Å²) in [5.74, 6) is 0.234. The summed E-state index contributed by atoms with van der Waals surface area (Å²) in [6.45, 7) is 0. The van der Waals surface area contributed by atoms with Crippen LogP contribution in [0.4, 0.5) is 11.4 Å². The van der Waals surface area contributed by atoms with E-state index in [1.54, 1.807) is 60.7 Å². The molecule has 0 unspecified atom stereocenters. The smallest absolute Gasteiger partial charge is 0.262 e. The topological polar surface area (TPSA) is 84.5 Å². The van der Waals surface area contributed by atoms with Gasteiger partial charge in [0.05, 0.1) is 15.6 Å². The molecule has 0 radical (unpaired) electrons. The largest absolute Gasteiger partial charge is 0.454 e. The molecule has 0 atom stereocenters. The number of rotatable bonds is 7. The molecule has 0 saturated carbocycles. The van der Waals surface area contributed by atoms with Crippen molar-refractivity contribution in [2.24, 2.45) is 0 Å². The number of para-hydroxylation sites is 2. The number of anilines is 2. The van der Waals surface area contributed by atoms with E-state index >= 15 is 0 Å². The highest BCUT2D eigenvalue weighted by Crippen LogP contribution is 2.35. The molecule has 4 aromatic rings. The number of hydrogen-bond acceptors (Lipinski definition) is 4. The van der Waals surface area contributed by atoms with Crippen LogP contribution in [0.3, 0.4) is 0 Å². The molecule has 178 valence electrons. The molecular formula is C25H17Cl3N2O4S. The van der Waals surface area contributed by atoms with Gasteiger partial charge in [0.1, 0.15) is 5.75 Å². The van der Waals surface area contributed by atoms with Crippen LogP contribution in [0.2, 0.25) is 15.1 Å². The van der Waals surface area contributed by atoms with Crippen molar-refractivity contribution >= 4 is 62.1 Å². The lowest BCUT2D eigenvalue weighted by molar-refractivity contribution is 0.102. The van der Waals surface area contributed by atoms with Gasteiger partial charge in [-0.05, 0) is 78.9 Å². The quantitative estimate of drug-likeness (QED) is 0.251. The van der Waals surface area contributed by atoms with E-state index in [9.17, 15) is 13.2 Å². The van der Waals surface area contributed by atoms with Crippen LogP contribution in [-0.2, 0) is 10.0 Å². The Bertz CT molecular complexity index is 1480. The van der Waals surface area contributed by atoms with Crippen LogP contribution in [-0.4, -0.2) is 14.3 Å². The fourth-order valence-electron chi connectivity index (χ4n) is 3.04. The minimum atomic E-state index is -3.96. The molecule has 0 saturated heterocycles. The van der Waals surface area contributed by atoms with E-state index in [0.29, 0.717) is 27.0 Å². The van der Waals surface area contributed by atoms with E-state index in [0.717, 1.165) is 0 Å². The van der Waals surface area contributed by atoms with Crippen LogP contribution in [0.25, 0.3) is 0 Å². The van der Waals surface area contributed by atoms with Gasteiger partial charge in [0.2, 0.25) is 0 Å². The SMILES string of the molecule is O=C(Nc1ccc(S(=O)(=O)Nc2ccccc2Oc2ccc(Cl)cc2Cl)cc1)c1ccc(Cl)cc1. The third-order valence-electron chi connectivity index (χ3n) is 4.77. The second-order valence-electron chi connectivity index (χ2n) is 7.26. The summed E-state index contributed by atoms with van der Waals surface area (Å²) in [7, 11) is -3.96. The Kier molecular flexibility index (Phi) is 7.52. The zero-order valence-corrected chi connectivity index (χ0v) is 20.9. The van der Waals surface area contributed by atoms with Crippen molar-refractivity contribution in [3.63, 3.8) is 0 Å². The maximum absolute atomic E-state index is 13.0. The molecule has 6 nitrogen and oxygen atoms in total. The second-order valence-corrected chi connectivity index (χ2v) is 10.2. The standard InChI is InChI=1S/C25H17Cl3N2O4S/c26-17-7-5-16(6-8-17)25(31)29-19-10-12-20(13-11-19)35(32,33)30-22-3-1-2-4-24(22)34-23-14-9-18(27)15-21(23)28/h1-15,30H,(H,29,31). The van der Waals surface area contributed by atoms with E-state index in [2.05, 4.69) is 10.0 Å². The van der Waals surface area contributed by atoms with Crippen molar-refractivity contribution in [3.8, 4) is 11.5 Å². The van der Waals surface area contributed by atoms with Gasteiger partial charge in [-0.1, -0.05) is 46.9 Å². The lowest BCUT2D eigenvalue weighted by Crippen LogP contribution is -2.14. The first kappa shape index (κ1) is 24.9. The minimum absolute atomic E-state index is 0.00122. The Balaban J connectivity index is 1.49. The van der Waals surface area contributed by atoms with Gasteiger partial charge in [0, 0.05) is 21.3 Å². The van der Waals surface area contributed by atoms with Crippen molar-refractivity contribution in [2.45, 2.75) is 4.90 Å². The van der Waals surface area contributed by atoms with Crippen molar-refractivity contribution < 1.29 is 17.9 Å². The molecule has 4 rings (SSSR count). The second kappa shape index (κ2) is 10.6. The average Bonchev–Trinajstić information content (AvgIpc) is 2.82. The molecule has 35 heavy (non-hydrogen) atoms. The summed E-state index contributed by atoms with van der Waals surface area (Å²) in [6, 6.07) is 23.5. The number of nitrogens with one attached hydrogen (secondary N) is 2. The zero-order chi connectivity index (χ0) is 25.0. The Labute approximate surface area is 217 Å². The fourth-order valence-corrected chi connectivity index (χ4v) is 4.69. The summed E-state index contributed by atoms with van der Waals surface area (Å²) in [5.41, 5.74) is 1.08. The van der Waals surface area contributed by atoms with Crippen molar-refractivity contribution in [2.75, 3.05) is 10.0 Å². The van der Waals surface area contributed by atoms with E-state index < -0.39 is 10.0 Å². The number of hydrogen-bond donors (Lipinski definition) is 2. The van der Waals surface area contributed by atoms with Gasteiger partial charge in [0.25, 0.3) is 15.9 Å². The first-order chi connectivity index (χ1) is 16.7. The van der Waals surface area contributed by atoms with Gasteiger partial charge in [-0.15, -0.1) is 0 Å². The van der Waals surface area contributed by atoms with Gasteiger partial charge >= 0.3 is 0 Å². The fraction of sp³-hybridized carbons (Fsp3) is 0. The number of halogens is 3. The van der Waals surface area contributed by atoms with Crippen LogP contribution in [0.15, 0.2) is 95.9 Å². The molecule has 10 heteroatoms. The lowest BCUT2D eigenvalue weighted by atomic mass is 10.2. The molecule has 0 aromatic heterocycles. The lowest BCUT2D eigenvalue weighted by Gasteiger charge is -2.14. The van der Waals surface area contributed by atoms with Gasteiger partial charge in [-0.25, -0.2) is 8.42 Å². The average molecular weight is 548 g/mol. The Hall–Kier alpha value is -3.23. The van der Waals surface area contributed by atoms with Gasteiger partial charge in [0.15, 0.2) is 5.75 Å². The van der Waals surface area contributed by atoms with Gasteiger partial charge < -0.3 is 10.1 Å². The summed E-state index contributed by atoms with van der Waals surface area (Å²) < 4.78 is 34.3. The zero-order valence-electron chi connectivity index (χ0n) is 17.8. The summed E-state index contributed by atoms with van der Waals surface area (Å²) in [5, 5.41) is 3.96. The highest BCUT2D eigenvalue weighted by molar-refractivity contribution is 7.92. The molecule has 1 amide bonds. The highest BCUT2D eigenvalue weighted by atomic mass is 35.5. The number of carbonyl (C=O) groups excluding carboxylic acids is 1. The molecule has 0 aliphatic rings. The Morgan fingerprint density at radius 3 is 2.09 bits per heavy atom. The summed E-state index contributed by atoms with van der Waals surface area (Å²) in [4.78, 5) is 12.4. The highest BCUT2D eigenvalue weighted by Gasteiger charge is 2.18. The Morgan fingerprint density at radius 1 is 0.743 bits per heavy atom. The molecule has 0 bridgehead atoms. The number of benzene rings is 4. The maximum Gasteiger partial charge on any atom is 0.262 e. The molecule has 0 fully saturated rings. The van der Waals surface area contributed by atoms with E-state index in [4.69, 9.17) is 39.5 Å². The van der Waals surface area contributed by atoms with E-state index in [-0.39, 0.29) is 27.3 Å². The number of amides is 1. The van der Waals surface area contributed by atoms with Crippen LogP contribution >= 0.6 is 34.8 Å². The van der Waals surface area contributed by atoms with Crippen LogP contribution in [0, 0.1) is 0 Å². The third kappa shape index (κ3) is 6.26. The van der Waals surface area contributed by atoms with Crippen LogP contribution < -0.4 is 14.8 Å². The minimum Gasteiger partial charge on any atom is -0.454 e. The molecule has 4 aromatic carbocycles. The predicted molar refractivity (Wildman–Crippen MR) is 140 cm³/mol. The predicted octanol–water partition coefficient (Wildman–Crippen LogP) is 7.49. The normalized spacial score (nSPS) is 11.1.